The van der Waals surface area contributed by atoms with E-state index in [1.807, 2.05) is 0 Å². The van der Waals surface area contributed by atoms with Crippen LogP contribution in [-0.4, -0.2) is 24.5 Å². The first-order valence-corrected chi connectivity index (χ1v) is 8.61. The molecule has 2 rings (SSSR count). The molecule has 1 atom stereocenters. The highest BCUT2D eigenvalue weighted by atomic mass is 15.1. The lowest BCUT2D eigenvalue weighted by molar-refractivity contribution is 0.182. The number of benzene rings is 1. The Kier molecular flexibility index (Phi) is 6.25. The van der Waals surface area contributed by atoms with Crippen LogP contribution in [0.1, 0.15) is 63.1 Å². The molecule has 0 aromatic heterocycles. The fraction of sp³-hybridized carbons (Fsp3) is 0.684. The zero-order valence-corrected chi connectivity index (χ0v) is 14.0. The first kappa shape index (κ1) is 16.5. The van der Waals surface area contributed by atoms with Gasteiger partial charge in [0.2, 0.25) is 0 Å². The summed E-state index contributed by atoms with van der Waals surface area (Å²) in [5.41, 5.74) is 9.10. The van der Waals surface area contributed by atoms with Gasteiger partial charge in [-0.3, -0.25) is 0 Å². The van der Waals surface area contributed by atoms with E-state index in [0.29, 0.717) is 5.92 Å². The fourth-order valence-electron chi connectivity index (χ4n) is 3.46. The Hall–Kier alpha value is -0.860. The highest BCUT2D eigenvalue weighted by Crippen LogP contribution is 2.23. The van der Waals surface area contributed by atoms with Gasteiger partial charge in [-0.05, 0) is 43.4 Å². The molecule has 0 spiro atoms. The average molecular weight is 288 g/mol. The SMILES string of the molecule is CC(C)Cc1ccc(C(N)CN(C)C2CCCCC2)cc1. The van der Waals surface area contributed by atoms with Crippen molar-refractivity contribution in [2.45, 2.75) is 64.5 Å². The molecule has 2 heteroatoms. The smallest absolute Gasteiger partial charge is 0.0424 e. The van der Waals surface area contributed by atoms with Crippen molar-refractivity contribution < 1.29 is 0 Å². The minimum Gasteiger partial charge on any atom is -0.323 e. The Balaban J connectivity index is 1.88. The number of rotatable bonds is 6. The van der Waals surface area contributed by atoms with Gasteiger partial charge in [0.05, 0.1) is 0 Å². The monoisotopic (exact) mass is 288 g/mol. The van der Waals surface area contributed by atoms with E-state index in [1.54, 1.807) is 0 Å². The van der Waals surface area contributed by atoms with Crippen molar-refractivity contribution in [2.75, 3.05) is 13.6 Å². The molecule has 0 heterocycles. The van der Waals surface area contributed by atoms with Gasteiger partial charge >= 0.3 is 0 Å². The minimum atomic E-state index is 0.130. The topological polar surface area (TPSA) is 29.3 Å². The fourth-order valence-corrected chi connectivity index (χ4v) is 3.46. The van der Waals surface area contributed by atoms with E-state index in [0.717, 1.165) is 19.0 Å². The van der Waals surface area contributed by atoms with Gasteiger partial charge < -0.3 is 10.6 Å². The summed E-state index contributed by atoms with van der Waals surface area (Å²) >= 11 is 0. The van der Waals surface area contributed by atoms with Crippen LogP contribution in [0.25, 0.3) is 0 Å². The van der Waals surface area contributed by atoms with Crippen LogP contribution >= 0.6 is 0 Å². The molecular weight excluding hydrogens is 256 g/mol. The van der Waals surface area contributed by atoms with Gasteiger partial charge in [-0.25, -0.2) is 0 Å². The van der Waals surface area contributed by atoms with Crippen molar-refractivity contribution in [3.63, 3.8) is 0 Å². The molecule has 0 radical (unpaired) electrons. The molecule has 1 fully saturated rings. The Morgan fingerprint density at radius 1 is 1.10 bits per heavy atom. The highest BCUT2D eigenvalue weighted by Gasteiger charge is 2.20. The summed E-state index contributed by atoms with van der Waals surface area (Å²) in [6.07, 6.45) is 8.01. The standard InChI is InChI=1S/C19H32N2/c1-15(2)13-16-9-11-17(12-10-16)19(20)14-21(3)18-7-5-4-6-8-18/h9-12,15,18-19H,4-8,13-14,20H2,1-3H3. The molecule has 0 amide bonds. The van der Waals surface area contributed by atoms with E-state index in [4.69, 9.17) is 5.73 Å². The second kappa shape index (κ2) is 7.95. The molecule has 1 aromatic carbocycles. The van der Waals surface area contributed by atoms with Crippen molar-refractivity contribution >= 4 is 0 Å². The van der Waals surface area contributed by atoms with Crippen LogP contribution in [0.4, 0.5) is 0 Å². The van der Waals surface area contributed by atoms with Crippen molar-refractivity contribution in [3.05, 3.63) is 35.4 Å². The summed E-state index contributed by atoms with van der Waals surface area (Å²) in [7, 11) is 2.24. The first-order valence-electron chi connectivity index (χ1n) is 8.61. The quantitative estimate of drug-likeness (QED) is 0.852. The maximum atomic E-state index is 6.41. The summed E-state index contributed by atoms with van der Waals surface area (Å²) in [6.45, 7) is 5.49. The third kappa shape index (κ3) is 5.12. The second-order valence-electron chi connectivity index (χ2n) is 7.18. The molecule has 1 unspecified atom stereocenters. The zero-order valence-electron chi connectivity index (χ0n) is 14.0. The number of nitrogens with zero attached hydrogens (tertiary/aromatic N) is 1. The van der Waals surface area contributed by atoms with Crippen LogP contribution in [-0.2, 0) is 6.42 Å². The molecule has 0 aliphatic heterocycles. The molecular formula is C19H32N2. The molecule has 0 saturated heterocycles. The summed E-state index contributed by atoms with van der Waals surface area (Å²) in [5.74, 6) is 0.710. The van der Waals surface area contributed by atoms with E-state index in [1.165, 1.54) is 43.2 Å². The molecule has 2 N–H and O–H groups in total. The van der Waals surface area contributed by atoms with Gasteiger partial charge in [-0.2, -0.15) is 0 Å². The van der Waals surface area contributed by atoms with Gasteiger partial charge in [-0.1, -0.05) is 57.4 Å². The molecule has 1 aliphatic carbocycles. The Morgan fingerprint density at radius 3 is 2.29 bits per heavy atom. The first-order chi connectivity index (χ1) is 10.1. The molecule has 118 valence electrons. The van der Waals surface area contributed by atoms with Crippen LogP contribution in [0, 0.1) is 5.92 Å². The predicted octanol–water partition coefficient (Wildman–Crippen LogP) is 4.15. The van der Waals surface area contributed by atoms with Gasteiger partial charge in [0.15, 0.2) is 0 Å². The molecule has 0 bridgehead atoms. The highest BCUT2D eigenvalue weighted by molar-refractivity contribution is 5.25. The van der Waals surface area contributed by atoms with Gasteiger partial charge in [0.25, 0.3) is 0 Å². The molecule has 1 aromatic rings. The van der Waals surface area contributed by atoms with Gasteiger partial charge in [0.1, 0.15) is 0 Å². The summed E-state index contributed by atoms with van der Waals surface area (Å²) in [4.78, 5) is 2.48. The normalized spacial score (nSPS) is 18.4. The van der Waals surface area contributed by atoms with Gasteiger partial charge in [-0.15, -0.1) is 0 Å². The number of hydrogen-bond acceptors (Lipinski definition) is 2. The van der Waals surface area contributed by atoms with Crippen molar-refractivity contribution in [1.82, 2.24) is 4.90 Å². The van der Waals surface area contributed by atoms with E-state index in [-0.39, 0.29) is 6.04 Å². The lowest BCUT2D eigenvalue weighted by Crippen LogP contribution is -2.38. The minimum absolute atomic E-state index is 0.130. The maximum Gasteiger partial charge on any atom is 0.0424 e. The average Bonchev–Trinajstić information content (AvgIpc) is 2.48. The number of nitrogens with two attached hydrogens (primary N) is 1. The largest absolute Gasteiger partial charge is 0.323 e. The third-order valence-corrected chi connectivity index (χ3v) is 4.73. The van der Waals surface area contributed by atoms with Crippen molar-refractivity contribution in [1.29, 1.82) is 0 Å². The van der Waals surface area contributed by atoms with E-state index in [9.17, 15) is 0 Å². The lowest BCUT2D eigenvalue weighted by atomic mass is 9.93. The second-order valence-corrected chi connectivity index (χ2v) is 7.18. The predicted molar refractivity (Wildman–Crippen MR) is 91.4 cm³/mol. The van der Waals surface area contributed by atoms with E-state index < -0.39 is 0 Å². The van der Waals surface area contributed by atoms with Crippen LogP contribution in [0.15, 0.2) is 24.3 Å². The third-order valence-electron chi connectivity index (χ3n) is 4.73. The summed E-state index contributed by atoms with van der Waals surface area (Å²) < 4.78 is 0. The van der Waals surface area contributed by atoms with Crippen molar-refractivity contribution in [2.24, 2.45) is 11.7 Å². The molecule has 2 nitrogen and oxygen atoms in total. The lowest BCUT2D eigenvalue weighted by Gasteiger charge is -2.33. The maximum absolute atomic E-state index is 6.41. The molecule has 1 saturated carbocycles. The van der Waals surface area contributed by atoms with Crippen LogP contribution < -0.4 is 5.73 Å². The van der Waals surface area contributed by atoms with Crippen LogP contribution in [0.3, 0.4) is 0 Å². The van der Waals surface area contributed by atoms with Crippen LogP contribution in [0.5, 0.6) is 0 Å². The Labute approximate surface area is 130 Å². The van der Waals surface area contributed by atoms with Gasteiger partial charge in [0, 0.05) is 18.6 Å². The zero-order chi connectivity index (χ0) is 15.2. The Morgan fingerprint density at radius 2 is 1.71 bits per heavy atom. The molecule has 21 heavy (non-hydrogen) atoms. The molecule has 1 aliphatic rings. The Bertz CT molecular complexity index is 404. The van der Waals surface area contributed by atoms with Crippen molar-refractivity contribution in [3.8, 4) is 0 Å². The summed E-state index contributed by atoms with van der Waals surface area (Å²) in [5, 5.41) is 0. The summed E-state index contributed by atoms with van der Waals surface area (Å²) in [6, 6.07) is 9.80. The van der Waals surface area contributed by atoms with Crippen LogP contribution in [0.2, 0.25) is 0 Å². The van der Waals surface area contributed by atoms with E-state index in [2.05, 4.69) is 50.1 Å². The number of hydrogen-bond donors (Lipinski definition) is 1. The number of likely N-dealkylation sites (N-methyl/N-ethyl adjacent to an activating group) is 1. The van der Waals surface area contributed by atoms with E-state index >= 15 is 0 Å².